The van der Waals surface area contributed by atoms with Crippen LogP contribution in [0.1, 0.15) is 35.8 Å². The van der Waals surface area contributed by atoms with Crippen LogP contribution in [-0.2, 0) is 13.6 Å². The van der Waals surface area contributed by atoms with Crippen LogP contribution in [0.2, 0.25) is 5.15 Å². The molecule has 0 bridgehead atoms. The molecular formula is C22H27ClN4OS. The van der Waals surface area contributed by atoms with Gasteiger partial charge in [0.25, 0.3) is 5.91 Å². The van der Waals surface area contributed by atoms with Gasteiger partial charge in [-0.3, -0.25) is 9.78 Å². The van der Waals surface area contributed by atoms with E-state index >= 15 is 0 Å². The Morgan fingerprint density at radius 1 is 1.31 bits per heavy atom. The van der Waals surface area contributed by atoms with Crippen molar-refractivity contribution in [1.82, 2.24) is 20.2 Å². The summed E-state index contributed by atoms with van der Waals surface area (Å²) < 4.78 is 1.61. The third-order valence-electron chi connectivity index (χ3n) is 5.18. The number of pyridine rings is 1. The fourth-order valence-corrected chi connectivity index (χ4v) is 3.75. The molecule has 1 aliphatic heterocycles. The van der Waals surface area contributed by atoms with Crippen LogP contribution in [0.5, 0.6) is 0 Å². The average molecular weight is 431 g/mol. The summed E-state index contributed by atoms with van der Waals surface area (Å²) in [6.45, 7) is 5.22. The number of nitrogens with zero attached hydrogens (tertiary/aromatic N) is 2. The van der Waals surface area contributed by atoms with Gasteiger partial charge in [0, 0.05) is 30.1 Å². The lowest BCUT2D eigenvalue weighted by Gasteiger charge is -2.17. The second kappa shape index (κ2) is 10.1. The van der Waals surface area contributed by atoms with Gasteiger partial charge in [-0.15, -0.1) is 12.6 Å². The van der Waals surface area contributed by atoms with Crippen LogP contribution >= 0.6 is 24.2 Å². The number of carbonyl (C=O) groups excluding carboxylic acids is 1. The quantitative estimate of drug-likeness (QED) is 0.538. The molecule has 5 nitrogen and oxygen atoms in total. The molecule has 1 aliphatic rings. The third kappa shape index (κ3) is 5.53. The van der Waals surface area contributed by atoms with E-state index in [2.05, 4.69) is 35.2 Å². The van der Waals surface area contributed by atoms with Crippen molar-refractivity contribution in [3.63, 3.8) is 0 Å². The Labute approximate surface area is 182 Å². The van der Waals surface area contributed by atoms with Crippen LogP contribution in [0.15, 0.2) is 47.5 Å². The van der Waals surface area contributed by atoms with Gasteiger partial charge in [-0.2, -0.15) is 0 Å². The summed E-state index contributed by atoms with van der Waals surface area (Å²) in [5, 5.41) is 7.70. The number of thiol groups is 1. The molecule has 1 aromatic carbocycles. The predicted molar refractivity (Wildman–Crippen MR) is 122 cm³/mol. The monoisotopic (exact) mass is 430 g/mol. The number of carbonyl (C=O) groups is 1. The zero-order valence-electron chi connectivity index (χ0n) is 16.8. The van der Waals surface area contributed by atoms with Crippen molar-refractivity contribution < 1.29 is 4.79 Å². The van der Waals surface area contributed by atoms with E-state index in [0.29, 0.717) is 22.3 Å². The van der Waals surface area contributed by atoms with Gasteiger partial charge in [-0.25, -0.2) is 0 Å². The number of aromatic nitrogens is 2. The lowest BCUT2D eigenvalue weighted by Crippen LogP contribution is -2.26. The number of benzene rings is 1. The molecule has 0 saturated carbocycles. The lowest BCUT2D eigenvalue weighted by molar-refractivity contribution is 0.0943. The van der Waals surface area contributed by atoms with Crippen molar-refractivity contribution in [2.75, 3.05) is 13.1 Å². The minimum atomic E-state index is -0.189. The first-order valence-corrected chi connectivity index (χ1v) is 10.7. The van der Waals surface area contributed by atoms with Crippen molar-refractivity contribution in [1.29, 1.82) is 0 Å². The number of nitrogens with one attached hydrogen (secondary N) is 2. The minimum absolute atomic E-state index is 0.189. The third-order valence-corrected chi connectivity index (χ3v) is 6.11. The molecule has 2 aromatic heterocycles. The molecule has 154 valence electrons. The zero-order chi connectivity index (χ0) is 20.8. The summed E-state index contributed by atoms with van der Waals surface area (Å²) >= 11 is 10.3. The van der Waals surface area contributed by atoms with Gasteiger partial charge >= 0.3 is 0 Å². The first kappa shape index (κ1) is 21.7. The largest absolute Gasteiger partial charge is 0.347 e. The molecule has 4 rings (SSSR count). The van der Waals surface area contributed by atoms with E-state index in [1.54, 1.807) is 23.9 Å². The number of amides is 1. The number of hydrogen-bond donors (Lipinski definition) is 3. The van der Waals surface area contributed by atoms with Crippen molar-refractivity contribution in [2.24, 2.45) is 13.0 Å². The molecule has 0 unspecified atom stereocenters. The maximum atomic E-state index is 12.3. The number of hydrogen-bond acceptors (Lipinski definition) is 4. The van der Waals surface area contributed by atoms with Crippen LogP contribution in [-0.4, -0.2) is 28.5 Å². The van der Waals surface area contributed by atoms with Crippen molar-refractivity contribution >= 4 is 41.0 Å². The Morgan fingerprint density at radius 3 is 2.69 bits per heavy atom. The summed E-state index contributed by atoms with van der Waals surface area (Å²) in [7, 11) is 1.73. The van der Waals surface area contributed by atoms with Crippen LogP contribution < -0.4 is 10.6 Å². The average Bonchev–Trinajstić information content (AvgIpc) is 3.00. The fraction of sp³-hybridized carbons (Fsp3) is 0.364. The molecule has 2 N–H and O–H groups in total. The number of fused-ring (bicyclic) bond motifs is 1. The van der Waals surface area contributed by atoms with E-state index in [1.165, 1.54) is 25.9 Å². The van der Waals surface area contributed by atoms with E-state index in [-0.39, 0.29) is 5.91 Å². The first-order valence-electron chi connectivity index (χ1n) is 9.83. The second-order valence-electron chi connectivity index (χ2n) is 7.37. The van der Waals surface area contributed by atoms with Gasteiger partial charge in [-0.1, -0.05) is 36.7 Å². The normalized spacial score (nSPS) is 14.3. The van der Waals surface area contributed by atoms with Gasteiger partial charge in [0.1, 0.15) is 10.8 Å². The summed E-state index contributed by atoms with van der Waals surface area (Å²) in [6.07, 6.45) is 4.50. The van der Waals surface area contributed by atoms with Crippen LogP contribution in [0.3, 0.4) is 0 Å². The Hall–Kier alpha value is -2.02. The Bertz CT molecular complexity index is 977. The molecule has 0 spiro atoms. The number of piperidine rings is 1. The molecule has 1 fully saturated rings. The van der Waals surface area contributed by atoms with E-state index in [9.17, 15) is 4.79 Å². The highest BCUT2D eigenvalue weighted by Gasteiger charge is 2.15. The molecule has 0 atom stereocenters. The summed E-state index contributed by atoms with van der Waals surface area (Å²) in [5.41, 5.74) is 2.41. The molecule has 29 heavy (non-hydrogen) atoms. The molecule has 0 aliphatic carbocycles. The minimum Gasteiger partial charge on any atom is -0.347 e. The number of rotatable bonds is 3. The summed E-state index contributed by atoms with van der Waals surface area (Å²) in [4.78, 5) is 17.2. The highest BCUT2D eigenvalue weighted by atomic mass is 35.5. The van der Waals surface area contributed by atoms with E-state index in [0.717, 1.165) is 22.4 Å². The SMILES string of the molecule is CC1CCNCC1.Cn1c(C(=O)NCc2cccc3ncccc23)cc(S)c1Cl. The Morgan fingerprint density at radius 2 is 2.07 bits per heavy atom. The fourth-order valence-electron chi connectivity index (χ4n) is 3.33. The standard InChI is InChI=1S/C16H14ClN3OS.C6H13N/c1-20-13(8-14(22)15(20)17)16(21)19-9-10-4-2-6-12-11(10)5-3-7-18-12;1-6-2-4-7-5-3-6/h2-8,22H,9H2,1H3,(H,19,21);6-7H,2-5H2,1H3. The second-order valence-corrected chi connectivity index (χ2v) is 8.21. The topological polar surface area (TPSA) is 59.0 Å². The molecule has 1 amide bonds. The predicted octanol–water partition coefficient (Wildman–Crippen LogP) is 4.45. The molecular weight excluding hydrogens is 404 g/mol. The molecule has 3 aromatic rings. The van der Waals surface area contributed by atoms with Crippen molar-refractivity contribution in [3.05, 3.63) is 59.0 Å². The highest BCUT2D eigenvalue weighted by Crippen LogP contribution is 2.23. The maximum Gasteiger partial charge on any atom is 0.268 e. The van der Waals surface area contributed by atoms with E-state index in [4.69, 9.17) is 11.6 Å². The van der Waals surface area contributed by atoms with Crippen LogP contribution in [0, 0.1) is 5.92 Å². The smallest absolute Gasteiger partial charge is 0.268 e. The zero-order valence-corrected chi connectivity index (χ0v) is 18.4. The summed E-state index contributed by atoms with van der Waals surface area (Å²) in [6, 6.07) is 11.4. The molecule has 0 radical (unpaired) electrons. The molecule has 1 saturated heterocycles. The van der Waals surface area contributed by atoms with Gasteiger partial charge < -0.3 is 15.2 Å². The lowest BCUT2D eigenvalue weighted by atomic mass is 10.0. The van der Waals surface area contributed by atoms with Crippen molar-refractivity contribution in [2.45, 2.75) is 31.2 Å². The Balaban J connectivity index is 0.000000290. The molecule has 3 heterocycles. The van der Waals surface area contributed by atoms with Gasteiger partial charge in [0.15, 0.2) is 0 Å². The highest BCUT2D eigenvalue weighted by molar-refractivity contribution is 7.80. The van der Waals surface area contributed by atoms with E-state index in [1.807, 2.05) is 30.3 Å². The van der Waals surface area contributed by atoms with Crippen LogP contribution in [0.25, 0.3) is 10.9 Å². The Kier molecular flexibility index (Phi) is 7.58. The van der Waals surface area contributed by atoms with Gasteiger partial charge in [-0.05, 0) is 55.6 Å². The van der Waals surface area contributed by atoms with Crippen LogP contribution in [0.4, 0.5) is 0 Å². The van der Waals surface area contributed by atoms with Gasteiger partial charge in [0.05, 0.1) is 5.52 Å². The van der Waals surface area contributed by atoms with Crippen molar-refractivity contribution in [3.8, 4) is 0 Å². The summed E-state index contributed by atoms with van der Waals surface area (Å²) in [5.74, 6) is 0.784. The maximum absolute atomic E-state index is 12.3. The number of halogens is 1. The molecule has 7 heteroatoms. The van der Waals surface area contributed by atoms with E-state index < -0.39 is 0 Å². The van der Waals surface area contributed by atoms with Gasteiger partial charge in [0.2, 0.25) is 0 Å². The first-order chi connectivity index (χ1) is 14.0.